The van der Waals surface area contributed by atoms with Gasteiger partial charge in [0.1, 0.15) is 11.6 Å². The van der Waals surface area contributed by atoms with Gasteiger partial charge in [0.25, 0.3) is 11.8 Å². The lowest BCUT2D eigenvalue weighted by Gasteiger charge is -2.27. The number of carbonyl (C=O) groups excluding carboxylic acids is 4. The maximum Gasteiger partial charge on any atom is 0.341 e. The number of fused-ring (bicyclic) bond motifs is 3. The summed E-state index contributed by atoms with van der Waals surface area (Å²) in [5.74, 6) is -4.15. The van der Waals surface area contributed by atoms with Gasteiger partial charge in [0, 0.05) is 18.0 Å². The zero-order chi connectivity index (χ0) is 19.5. The highest BCUT2D eigenvalue weighted by Crippen LogP contribution is 2.31. The summed E-state index contributed by atoms with van der Waals surface area (Å²) in [6.07, 6.45) is 0.955. The zero-order valence-electron chi connectivity index (χ0n) is 13.6. The van der Waals surface area contributed by atoms with E-state index in [0.29, 0.717) is 0 Å². The van der Waals surface area contributed by atoms with Crippen LogP contribution in [0.15, 0.2) is 23.1 Å². The van der Waals surface area contributed by atoms with Gasteiger partial charge in [0.15, 0.2) is 0 Å². The first-order valence-corrected chi connectivity index (χ1v) is 7.94. The molecular weight excluding hydrogens is 358 g/mol. The predicted octanol–water partition coefficient (Wildman–Crippen LogP) is -0.372. The van der Waals surface area contributed by atoms with Crippen molar-refractivity contribution in [3.8, 4) is 0 Å². The number of aromatic carboxylic acids is 1. The molecule has 10 heteroatoms. The van der Waals surface area contributed by atoms with Crippen molar-refractivity contribution >= 4 is 40.5 Å². The number of carbonyl (C=O) groups is 5. The topological polar surface area (TPSA) is 154 Å². The van der Waals surface area contributed by atoms with Gasteiger partial charge >= 0.3 is 5.97 Å². The highest BCUT2D eigenvalue weighted by atomic mass is 16.4. The number of hydrogen-bond donors (Lipinski definition) is 3. The summed E-state index contributed by atoms with van der Waals surface area (Å²) in [4.78, 5) is 75.8. The molecule has 136 valence electrons. The van der Waals surface area contributed by atoms with Crippen LogP contribution in [0, 0.1) is 0 Å². The summed E-state index contributed by atoms with van der Waals surface area (Å²) in [5.41, 5.74) is -1.37. The van der Waals surface area contributed by atoms with E-state index in [1.165, 1.54) is 12.1 Å². The molecule has 3 heterocycles. The van der Waals surface area contributed by atoms with Gasteiger partial charge in [-0.2, -0.15) is 0 Å². The number of piperidine rings is 1. The first kappa shape index (κ1) is 16.6. The summed E-state index contributed by atoms with van der Waals surface area (Å²) in [7, 11) is 0. The summed E-state index contributed by atoms with van der Waals surface area (Å²) in [5, 5.41) is 11.1. The Labute approximate surface area is 149 Å². The third-order valence-corrected chi connectivity index (χ3v) is 4.69. The van der Waals surface area contributed by atoms with Crippen LogP contribution in [0.2, 0.25) is 0 Å². The van der Waals surface area contributed by atoms with Crippen molar-refractivity contribution in [3.05, 3.63) is 45.2 Å². The maximum absolute atomic E-state index is 12.9. The number of aromatic amines is 1. The molecule has 1 atom stereocenters. The van der Waals surface area contributed by atoms with Gasteiger partial charge in [-0.1, -0.05) is 0 Å². The van der Waals surface area contributed by atoms with Crippen LogP contribution in [0.4, 0.5) is 0 Å². The Kier molecular flexibility index (Phi) is 3.45. The minimum atomic E-state index is -1.42. The fourth-order valence-corrected chi connectivity index (χ4v) is 3.41. The van der Waals surface area contributed by atoms with E-state index in [9.17, 15) is 28.8 Å². The lowest BCUT2D eigenvalue weighted by molar-refractivity contribution is -0.136. The molecule has 10 nitrogen and oxygen atoms in total. The second kappa shape index (κ2) is 5.59. The number of benzene rings is 1. The molecular formula is C17H11N3O7. The van der Waals surface area contributed by atoms with Gasteiger partial charge in [-0.15, -0.1) is 0 Å². The third kappa shape index (κ3) is 2.26. The Morgan fingerprint density at radius 3 is 2.52 bits per heavy atom. The van der Waals surface area contributed by atoms with Gasteiger partial charge in [-0.3, -0.25) is 34.2 Å². The van der Waals surface area contributed by atoms with E-state index in [1.807, 2.05) is 0 Å². The lowest BCUT2D eigenvalue weighted by Crippen LogP contribution is -2.54. The molecule has 1 unspecified atom stereocenters. The van der Waals surface area contributed by atoms with E-state index >= 15 is 0 Å². The number of aromatic nitrogens is 1. The van der Waals surface area contributed by atoms with E-state index < -0.39 is 46.6 Å². The van der Waals surface area contributed by atoms with Crippen molar-refractivity contribution in [1.82, 2.24) is 15.2 Å². The van der Waals surface area contributed by atoms with E-state index in [2.05, 4.69) is 10.3 Å². The largest absolute Gasteiger partial charge is 0.477 e. The molecule has 3 N–H and O–H groups in total. The van der Waals surface area contributed by atoms with Crippen molar-refractivity contribution in [3.63, 3.8) is 0 Å². The fraction of sp³-hybridized carbons (Fsp3) is 0.176. The quantitative estimate of drug-likeness (QED) is 0.610. The van der Waals surface area contributed by atoms with Crippen LogP contribution in [0.5, 0.6) is 0 Å². The third-order valence-electron chi connectivity index (χ3n) is 4.69. The van der Waals surface area contributed by atoms with Crippen LogP contribution in [-0.2, 0) is 9.59 Å². The molecule has 2 aromatic rings. The van der Waals surface area contributed by atoms with E-state index in [0.717, 1.165) is 11.1 Å². The average Bonchev–Trinajstić information content (AvgIpc) is 2.86. The van der Waals surface area contributed by atoms with Gasteiger partial charge in [0.2, 0.25) is 17.2 Å². The molecule has 4 rings (SSSR count). The second-order valence-electron chi connectivity index (χ2n) is 6.19. The number of pyridine rings is 1. The van der Waals surface area contributed by atoms with E-state index in [-0.39, 0.29) is 34.9 Å². The molecule has 27 heavy (non-hydrogen) atoms. The number of H-pyrrole nitrogens is 1. The first-order valence-electron chi connectivity index (χ1n) is 7.94. The highest BCUT2D eigenvalue weighted by molar-refractivity contribution is 6.27. The summed E-state index contributed by atoms with van der Waals surface area (Å²) < 4.78 is 0. The maximum atomic E-state index is 12.9. The molecule has 1 aromatic carbocycles. The van der Waals surface area contributed by atoms with Crippen LogP contribution >= 0.6 is 0 Å². The predicted molar refractivity (Wildman–Crippen MR) is 88.2 cm³/mol. The van der Waals surface area contributed by atoms with Crippen LogP contribution < -0.4 is 10.7 Å². The van der Waals surface area contributed by atoms with Gasteiger partial charge in [-0.25, -0.2) is 4.79 Å². The standard InChI is InChI=1S/C17H11N3O7/c21-10-4-3-9(14(23)19-10)20-15(24)6-1-2-7-12(11(6)16(20)25)18-5-8(13(7)22)17(26)27/h1-2,5,9H,3-4H2,(H,18,22)(H,26,27)(H,19,21,23). The molecule has 0 spiro atoms. The molecule has 0 bridgehead atoms. The molecule has 1 aromatic heterocycles. The minimum absolute atomic E-state index is 0.00377. The van der Waals surface area contributed by atoms with E-state index in [1.54, 1.807) is 0 Å². The van der Waals surface area contributed by atoms with Crippen LogP contribution in [0.3, 0.4) is 0 Å². The molecule has 4 amide bonds. The SMILES string of the molecule is O=C1CCC(N2C(=O)c3ccc4c(=O)c(C(=O)O)c[nH]c4c3C2=O)C(=O)N1. The summed E-state index contributed by atoms with van der Waals surface area (Å²) >= 11 is 0. The van der Waals surface area contributed by atoms with Crippen molar-refractivity contribution < 1.29 is 29.1 Å². The normalized spacial score (nSPS) is 19.4. The van der Waals surface area contributed by atoms with E-state index in [4.69, 9.17) is 5.11 Å². The molecule has 1 saturated heterocycles. The minimum Gasteiger partial charge on any atom is -0.477 e. The number of rotatable bonds is 2. The molecule has 0 radical (unpaired) electrons. The molecule has 2 aliphatic heterocycles. The number of carboxylic acid groups (broad SMARTS) is 1. The number of imide groups is 2. The Morgan fingerprint density at radius 2 is 1.85 bits per heavy atom. The first-order chi connectivity index (χ1) is 12.8. The number of amides is 4. The van der Waals surface area contributed by atoms with Crippen molar-refractivity contribution in [2.75, 3.05) is 0 Å². The number of hydrogen-bond acceptors (Lipinski definition) is 6. The fourth-order valence-electron chi connectivity index (χ4n) is 3.41. The number of nitrogens with one attached hydrogen (secondary N) is 2. The number of nitrogens with zero attached hydrogens (tertiary/aromatic N) is 1. The van der Waals surface area contributed by atoms with Gasteiger partial charge in [0.05, 0.1) is 16.6 Å². The smallest absolute Gasteiger partial charge is 0.341 e. The Balaban J connectivity index is 1.86. The highest BCUT2D eigenvalue weighted by Gasteiger charge is 2.45. The molecule has 2 aliphatic rings. The monoisotopic (exact) mass is 369 g/mol. The molecule has 0 aliphatic carbocycles. The molecule has 0 saturated carbocycles. The summed E-state index contributed by atoms with van der Waals surface area (Å²) in [6.45, 7) is 0. The Morgan fingerprint density at radius 1 is 1.11 bits per heavy atom. The van der Waals surface area contributed by atoms with Crippen LogP contribution in [0.1, 0.15) is 43.9 Å². The van der Waals surface area contributed by atoms with Crippen molar-refractivity contribution in [2.24, 2.45) is 0 Å². The zero-order valence-corrected chi connectivity index (χ0v) is 13.6. The summed E-state index contributed by atoms with van der Waals surface area (Å²) in [6, 6.07) is 1.39. The van der Waals surface area contributed by atoms with Gasteiger partial charge in [-0.05, 0) is 18.6 Å². The van der Waals surface area contributed by atoms with Gasteiger partial charge < -0.3 is 10.1 Å². The second-order valence-corrected chi connectivity index (χ2v) is 6.19. The van der Waals surface area contributed by atoms with Crippen molar-refractivity contribution in [2.45, 2.75) is 18.9 Å². The lowest BCUT2D eigenvalue weighted by atomic mass is 10.0. The van der Waals surface area contributed by atoms with Crippen LogP contribution in [-0.4, -0.2) is 50.6 Å². The van der Waals surface area contributed by atoms with Crippen molar-refractivity contribution in [1.29, 1.82) is 0 Å². The molecule has 1 fully saturated rings. The average molecular weight is 369 g/mol. The Bertz CT molecular complexity index is 1150. The number of carboxylic acids is 1. The Hall–Kier alpha value is -3.82. The van der Waals surface area contributed by atoms with Crippen LogP contribution in [0.25, 0.3) is 10.9 Å².